The van der Waals surface area contributed by atoms with Gasteiger partial charge in [-0.2, -0.15) is 0 Å². The highest BCUT2D eigenvalue weighted by Crippen LogP contribution is 2.13. The van der Waals surface area contributed by atoms with E-state index in [1.54, 1.807) is 0 Å². The smallest absolute Gasteiger partial charge is 0.356 e. The molecule has 1 aromatic heterocycles. The zero-order chi connectivity index (χ0) is 14.4. The third-order valence-corrected chi connectivity index (χ3v) is 2.77. The molecule has 0 bridgehead atoms. The maximum Gasteiger partial charge on any atom is 0.356 e. The molecule has 0 radical (unpaired) electrons. The fourth-order valence-corrected chi connectivity index (χ4v) is 1.79. The third-order valence-electron chi connectivity index (χ3n) is 2.77. The summed E-state index contributed by atoms with van der Waals surface area (Å²) >= 11 is 0. The summed E-state index contributed by atoms with van der Waals surface area (Å²) in [6, 6.07) is 9.76. The van der Waals surface area contributed by atoms with Gasteiger partial charge in [-0.3, -0.25) is 0 Å². The molecular formula is C14H15N3O3. The molecule has 20 heavy (non-hydrogen) atoms. The molecule has 0 spiro atoms. The second-order valence-corrected chi connectivity index (χ2v) is 4.20. The van der Waals surface area contributed by atoms with Crippen molar-refractivity contribution in [2.75, 3.05) is 18.1 Å². The van der Waals surface area contributed by atoms with E-state index in [2.05, 4.69) is 9.97 Å². The number of nitrogens with zero attached hydrogens (tertiary/aromatic N) is 3. The summed E-state index contributed by atoms with van der Waals surface area (Å²) in [4.78, 5) is 20.5. The summed E-state index contributed by atoms with van der Waals surface area (Å²) in [6.07, 6.45) is 2.62. The zero-order valence-corrected chi connectivity index (χ0v) is 10.8. The molecule has 0 aliphatic rings. The Hall–Kier alpha value is -2.47. The van der Waals surface area contributed by atoms with Gasteiger partial charge in [-0.25, -0.2) is 14.8 Å². The Morgan fingerprint density at radius 1 is 1.15 bits per heavy atom. The van der Waals surface area contributed by atoms with Gasteiger partial charge in [0.15, 0.2) is 5.69 Å². The molecule has 0 saturated heterocycles. The Morgan fingerprint density at radius 2 is 1.90 bits per heavy atom. The Bertz CT molecular complexity index is 558. The topological polar surface area (TPSA) is 86.5 Å². The number of carboxylic acids is 1. The first-order valence-electron chi connectivity index (χ1n) is 6.16. The monoisotopic (exact) mass is 273 g/mol. The molecule has 0 aliphatic carbocycles. The number of rotatable bonds is 6. The Balaban J connectivity index is 2.17. The number of anilines is 1. The van der Waals surface area contributed by atoms with E-state index in [0.29, 0.717) is 18.9 Å². The quantitative estimate of drug-likeness (QED) is 0.821. The lowest BCUT2D eigenvalue weighted by molar-refractivity contribution is 0.0690. The zero-order valence-electron chi connectivity index (χ0n) is 10.8. The van der Waals surface area contributed by atoms with Crippen LogP contribution in [0.25, 0.3) is 0 Å². The van der Waals surface area contributed by atoms with Gasteiger partial charge < -0.3 is 15.1 Å². The van der Waals surface area contributed by atoms with E-state index in [1.807, 2.05) is 35.2 Å². The molecule has 1 aromatic carbocycles. The van der Waals surface area contributed by atoms with Crippen molar-refractivity contribution in [3.63, 3.8) is 0 Å². The number of aromatic nitrogens is 2. The highest BCUT2D eigenvalue weighted by Gasteiger charge is 2.11. The Morgan fingerprint density at radius 3 is 2.45 bits per heavy atom. The summed E-state index contributed by atoms with van der Waals surface area (Å²) in [7, 11) is 0. The van der Waals surface area contributed by atoms with Gasteiger partial charge in [0.05, 0.1) is 19.0 Å². The fourth-order valence-electron chi connectivity index (χ4n) is 1.79. The number of carbonyl (C=O) groups is 1. The van der Waals surface area contributed by atoms with Gasteiger partial charge in [-0.05, 0) is 5.56 Å². The van der Waals surface area contributed by atoms with Crippen LogP contribution >= 0.6 is 0 Å². The number of benzene rings is 1. The van der Waals surface area contributed by atoms with Crippen LogP contribution in [0.5, 0.6) is 0 Å². The SMILES string of the molecule is O=C(O)c1cnc(N(CCO)Cc2ccccc2)cn1. The van der Waals surface area contributed by atoms with Gasteiger partial charge in [0.25, 0.3) is 0 Å². The third kappa shape index (κ3) is 3.52. The van der Waals surface area contributed by atoms with E-state index in [4.69, 9.17) is 10.2 Å². The van der Waals surface area contributed by atoms with E-state index >= 15 is 0 Å². The number of hydrogen-bond acceptors (Lipinski definition) is 5. The minimum atomic E-state index is -1.11. The minimum Gasteiger partial charge on any atom is -0.476 e. The van der Waals surface area contributed by atoms with Crippen LogP contribution in [0.3, 0.4) is 0 Å². The molecule has 0 unspecified atom stereocenters. The van der Waals surface area contributed by atoms with Gasteiger partial charge >= 0.3 is 5.97 Å². The summed E-state index contributed by atoms with van der Waals surface area (Å²) in [5, 5.41) is 17.9. The average molecular weight is 273 g/mol. The lowest BCUT2D eigenvalue weighted by atomic mass is 10.2. The van der Waals surface area contributed by atoms with Gasteiger partial charge in [-0.1, -0.05) is 30.3 Å². The second kappa shape index (κ2) is 6.63. The van der Waals surface area contributed by atoms with E-state index in [-0.39, 0.29) is 12.3 Å². The summed E-state index contributed by atoms with van der Waals surface area (Å²) in [5.41, 5.74) is 0.975. The molecule has 0 saturated carbocycles. The molecule has 0 amide bonds. The molecule has 104 valence electrons. The molecule has 0 atom stereocenters. The molecule has 6 nitrogen and oxygen atoms in total. The van der Waals surface area contributed by atoms with Crippen LogP contribution in [-0.4, -0.2) is 39.3 Å². The van der Waals surface area contributed by atoms with Crippen molar-refractivity contribution in [3.8, 4) is 0 Å². The van der Waals surface area contributed by atoms with Gasteiger partial charge in [0, 0.05) is 13.1 Å². The number of hydrogen-bond donors (Lipinski definition) is 2. The first-order chi connectivity index (χ1) is 9.70. The highest BCUT2D eigenvalue weighted by molar-refractivity contribution is 5.84. The van der Waals surface area contributed by atoms with Crippen LogP contribution in [0.1, 0.15) is 16.1 Å². The lowest BCUT2D eigenvalue weighted by Gasteiger charge is -2.22. The number of aliphatic hydroxyl groups is 1. The van der Waals surface area contributed by atoms with E-state index in [9.17, 15) is 4.79 Å². The van der Waals surface area contributed by atoms with Crippen LogP contribution < -0.4 is 4.90 Å². The van der Waals surface area contributed by atoms with Crippen molar-refractivity contribution in [3.05, 3.63) is 54.0 Å². The van der Waals surface area contributed by atoms with Gasteiger partial charge in [0.1, 0.15) is 5.82 Å². The molecule has 1 heterocycles. The number of aliphatic hydroxyl groups excluding tert-OH is 1. The highest BCUT2D eigenvalue weighted by atomic mass is 16.4. The summed E-state index contributed by atoms with van der Waals surface area (Å²) in [5.74, 6) is -0.575. The molecule has 0 aliphatic heterocycles. The normalized spacial score (nSPS) is 10.2. The van der Waals surface area contributed by atoms with Crippen molar-refractivity contribution in [2.24, 2.45) is 0 Å². The van der Waals surface area contributed by atoms with E-state index in [1.165, 1.54) is 12.4 Å². The van der Waals surface area contributed by atoms with Crippen LogP contribution in [0.4, 0.5) is 5.82 Å². The largest absolute Gasteiger partial charge is 0.476 e. The summed E-state index contributed by atoms with van der Waals surface area (Å²) in [6.45, 7) is 0.952. The predicted octanol–water partition coefficient (Wildman–Crippen LogP) is 1.17. The fraction of sp³-hybridized carbons (Fsp3) is 0.214. The van der Waals surface area contributed by atoms with Crippen molar-refractivity contribution in [1.82, 2.24) is 9.97 Å². The van der Waals surface area contributed by atoms with Gasteiger partial charge in [0.2, 0.25) is 0 Å². The summed E-state index contributed by atoms with van der Waals surface area (Å²) < 4.78 is 0. The molecule has 6 heteroatoms. The maximum absolute atomic E-state index is 10.7. The lowest BCUT2D eigenvalue weighted by Crippen LogP contribution is -2.27. The molecule has 2 rings (SSSR count). The first kappa shape index (κ1) is 14.0. The van der Waals surface area contributed by atoms with Crippen LogP contribution in [0, 0.1) is 0 Å². The van der Waals surface area contributed by atoms with Crippen molar-refractivity contribution < 1.29 is 15.0 Å². The standard InChI is InChI=1S/C14H15N3O3/c18-7-6-17(10-11-4-2-1-3-5-11)13-9-15-12(8-16-13)14(19)20/h1-5,8-9,18H,6-7,10H2,(H,19,20). The minimum absolute atomic E-state index is 0.0187. The Labute approximate surface area is 116 Å². The first-order valence-corrected chi connectivity index (χ1v) is 6.16. The molecule has 2 N–H and O–H groups in total. The number of carboxylic acid groups (broad SMARTS) is 1. The van der Waals surface area contributed by atoms with E-state index < -0.39 is 5.97 Å². The predicted molar refractivity (Wildman–Crippen MR) is 73.6 cm³/mol. The van der Waals surface area contributed by atoms with Crippen LogP contribution in [0.15, 0.2) is 42.7 Å². The molecular weight excluding hydrogens is 258 g/mol. The van der Waals surface area contributed by atoms with Gasteiger partial charge in [-0.15, -0.1) is 0 Å². The molecule has 2 aromatic rings. The Kier molecular flexibility index (Phi) is 4.62. The van der Waals surface area contributed by atoms with E-state index in [0.717, 1.165) is 5.56 Å². The maximum atomic E-state index is 10.7. The molecule has 0 fully saturated rings. The van der Waals surface area contributed by atoms with Crippen LogP contribution in [0.2, 0.25) is 0 Å². The van der Waals surface area contributed by atoms with Crippen molar-refractivity contribution in [1.29, 1.82) is 0 Å². The number of aromatic carboxylic acids is 1. The second-order valence-electron chi connectivity index (χ2n) is 4.20. The average Bonchev–Trinajstić information content (AvgIpc) is 2.48. The van der Waals surface area contributed by atoms with Crippen LogP contribution in [-0.2, 0) is 6.54 Å². The van der Waals surface area contributed by atoms with Crippen molar-refractivity contribution >= 4 is 11.8 Å². The van der Waals surface area contributed by atoms with Crippen molar-refractivity contribution in [2.45, 2.75) is 6.54 Å².